The number of hydrogen-bond donors (Lipinski definition) is 0. The summed E-state index contributed by atoms with van der Waals surface area (Å²) >= 11 is 0. The topological polar surface area (TPSA) is 80.3 Å². The molecule has 47 heavy (non-hydrogen) atoms. The van der Waals surface area contributed by atoms with Crippen LogP contribution >= 0.6 is 0 Å². The summed E-state index contributed by atoms with van der Waals surface area (Å²) in [5, 5.41) is 0. The molecule has 1 unspecified atom stereocenters. The molecule has 0 radical (unpaired) electrons. The van der Waals surface area contributed by atoms with Gasteiger partial charge in [0.15, 0.2) is 12.4 Å². The molecule has 0 amide bonds. The molecule has 10 heteroatoms. The first-order valence-electron chi connectivity index (χ1n) is 17.2. The van der Waals surface area contributed by atoms with Gasteiger partial charge >= 0.3 is 18.1 Å². The molecule has 1 aliphatic rings. The number of rotatable bonds is 21. The van der Waals surface area contributed by atoms with Gasteiger partial charge in [0.2, 0.25) is 0 Å². The van der Waals surface area contributed by atoms with E-state index in [-0.39, 0.29) is 17.7 Å². The first kappa shape index (κ1) is 38.5. The van der Waals surface area contributed by atoms with Crippen molar-refractivity contribution in [3.8, 4) is 5.75 Å². The summed E-state index contributed by atoms with van der Waals surface area (Å²) in [6.07, 6.45) is 4.46. The fourth-order valence-electron chi connectivity index (χ4n) is 5.41. The van der Waals surface area contributed by atoms with Crippen molar-refractivity contribution in [2.75, 3.05) is 26.4 Å². The highest BCUT2D eigenvalue weighted by Crippen LogP contribution is 2.30. The number of benzene rings is 2. The minimum atomic E-state index is -4.67. The quantitative estimate of drug-likeness (QED) is 0.0747. The third kappa shape index (κ3) is 14.4. The maximum absolute atomic E-state index is 13.5. The molecule has 0 aromatic heterocycles. The minimum absolute atomic E-state index is 0.0685. The number of carbonyl (C=O) groups is 2. The lowest BCUT2D eigenvalue weighted by atomic mass is 10.0. The maximum Gasteiger partial charge on any atom is 0.425 e. The van der Waals surface area contributed by atoms with E-state index in [1.807, 2.05) is 6.92 Å². The van der Waals surface area contributed by atoms with Crippen molar-refractivity contribution in [1.29, 1.82) is 0 Å². The summed E-state index contributed by atoms with van der Waals surface area (Å²) in [5.74, 6) is -1.17. The largest absolute Gasteiger partial charge is 0.449 e. The van der Waals surface area contributed by atoms with Crippen molar-refractivity contribution < 1.29 is 46.4 Å². The lowest BCUT2D eigenvalue weighted by Gasteiger charge is -2.29. The molecule has 7 nitrogen and oxygen atoms in total. The van der Waals surface area contributed by atoms with Crippen LogP contribution in [0.5, 0.6) is 5.75 Å². The Hall–Kier alpha value is -2.95. The summed E-state index contributed by atoms with van der Waals surface area (Å²) in [6.45, 7) is 6.70. The molecule has 2 aromatic rings. The number of hydrogen-bond acceptors (Lipinski definition) is 7. The summed E-state index contributed by atoms with van der Waals surface area (Å²) in [7, 11) is 0. The van der Waals surface area contributed by atoms with Gasteiger partial charge in [-0.1, -0.05) is 76.8 Å². The van der Waals surface area contributed by atoms with Gasteiger partial charge in [0.1, 0.15) is 5.75 Å². The molecule has 1 fully saturated rings. The number of alkyl halides is 3. The van der Waals surface area contributed by atoms with Crippen LogP contribution in [-0.4, -0.2) is 50.6 Å². The summed E-state index contributed by atoms with van der Waals surface area (Å²) in [4.78, 5) is 25.2. The monoisotopic (exact) mass is 664 g/mol. The molecule has 262 valence electrons. The van der Waals surface area contributed by atoms with E-state index in [0.29, 0.717) is 50.8 Å². The van der Waals surface area contributed by atoms with Gasteiger partial charge in [0, 0.05) is 24.7 Å². The number of halogens is 3. The maximum atomic E-state index is 13.5. The van der Waals surface area contributed by atoms with Crippen molar-refractivity contribution >= 4 is 11.9 Å². The van der Waals surface area contributed by atoms with Gasteiger partial charge in [-0.3, -0.25) is 0 Å². The first-order chi connectivity index (χ1) is 22.7. The van der Waals surface area contributed by atoms with E-state index in [0.717, 1.165) is 31.2 Å². The first-order valence-corrected chi connectivity index (χ1v) is 17.2. The van der Waals surface area contributed by atoms with Crippen LogP contribution in [0, 0.1) is 5.92 Å². The standard InChI is InChI=1S/C37H51F3O7/c1-3-5-6-7-9-12-15-28-26-44-36(45-27-28)31-19-17-29(18-20-31)34(41)46-32-23-21-30(22-24-32)35(42)47-33(37(38,39)40)16-13-10-8-11-14-25-43-4-2/h17-24,28,33,36H,3-16,25-27H2,1-2H3. The van der Waals surface area contributed by atoms with E-state index in [1.54, 1.807) is 24.3 Å². The summed E-state index contributed by atoms with van der Waals surface area (Å²) in [5.41, 5.74) is 1.04. The highest BCUT2D eigenvalue weighted by atomic mass is 19.4. The number of esters is 2. The van der Waals surface area contributed by atoms with E-state index in [2.05, 4.69) is 6.92 Å². The molecule has 0 spiro atoms. The highest BCUT2D eigenvalue weighted by Gasteiger charge is 2.42. The molecule has 1 saturated heterocycles. The van der Waals surface area contributed by atoms with E-state index in [1.165, 1.54) is 62.8 Å². The molecule has 0 N–H and O–H groups in total. The Kier molecular flexibility index (Phi) is 17.3. The fraction of sp³-hybridized carbons (Fsp3) is 0.622. The van der Waals surface area contributed by atoms with E-state index in [9.17, 15) is 22.8 Å². The zero-order valence-electron chi connectivity index (χ0n) is 27.9. The average Bonchev–Trinajstić information content (AvgIpc) is 3.07. The van der Waals surface area contributed by atoms with Crippen LogP contribution in [0.2, 0.25) is 0 Å². The minimum Gasteiger partial charge on any atom is -0.449 e. The van der Waals surface area contributed by atoms with Crippen LogP contribution in [0.4, 0.5) is 13.2 Å². The summed E-state index contributed by atoms with van der Waals surface area (Å²) in [6, 6.07) is 12.0. The normalized spacial score (nSPS) is 17.3. The second-order valence-corrected chi connectivity index (χ2v) is 12.1. The Bertz CT molecular complexity index is 1160. The molecule has 1 atom stereocenters. The van der Waals surface area contributed by atoms with E-state index >= 15 is 0 Å². The Balaban J connectivity index is 1.41. The lowest BCUT2D eigenvalue weighted by molar-refractivity contribution is -0.206. The Labute approximate surface area is 277 Å². The molecule has 3 rings (SSSR count). The molecule has 1 heterocycles. The van der Waals surface area contributed by atoms with Crippen molar-refractivity contribution in [2.24, 2.45) is 5.92 Å². The van der Waals surface area contributed by atoms with Gasteiger partial charge in [0.05, 0.1) is 24.3 Å². The second-order valence-electron chi connectivity index (χ2n) is 12.1. The van der Waals surface area contributed by atoms with E-state index < -0.39 is 30.5 Å². The Morgan fingerprint density at radius 3 is 1.98 bits per heavy atom. The lowest BCUT2D eigenvalue weighted by Crippen LogP contribution is -2.33. The number of carbonyl (C=O) groups excluding carboxylic acids is 2. The third-order valence-corrected chi connectivity index (χ3v) is 8.23. The van der Waals surface area contributed by atoms with Crippen LogP contribution in [0.3, 0.4) is 0 Å². The number of ether oxygens (including phenoxy) is 5. The van der Waals surface area contributed by atoms with E-state index in [4.69, 9.17) is 23.7 Å². The molecule has 0 bridgehead atoms. The van der Waals surface area contributed by atoms with Gasteiger partial charge < -0.3 is 23.7 Å². The van der Waals surface area contributed by atoms with Crippen LogP contribution in [0.1, 0.15) is 130 Å². The van der Waals surface area contributed by atoms with Gasteiger partial charge in [-0.05, 0) is 69.0 Å². The summed E-state index contributed by atoms with van der Waals surface area (Å²) < 4.78 is 68.0. The Morgan fingerprint density at radius 2 is 1.34 bits per heavy atom. The zero-order valence-corrected chi connectivity index (χ0v) is 27.9. The smallest absolute Gasteiger partial charge is 0.425 e. The van der Waals surface area contributed by atoms with Crippen LogP contribution in [0.15, 0.2) is 48.5 Å². The molecule has 0 saturated carbocycles. The third-order valence-electron chi connectivity index (χ3n) is 8.23. The van der Waals surface area contributed by atoms with Crippen LogP contribution in [-0.2, 0) is 18.9 Å². The van der Waals surface area contributed by atoms with Crippen molar-refractivity contribution in [3.05, 3.63) is 65.2 Å². The molecule has 0 aliphatic carbocycles. The Morgan fingerprint density at radius 1 is 0.766 bits per heavy atom. The van der Waals surface area contributed by atoms with Crippen LogP contribution in [0.25, 0.3) is 0 Å². The van der Waals surface area contributed by atoms with Gasteiger partial charge in [-0.25, -0.2) is 9.59 Å². The second kappa shape index (κ2) is 21.1. The molecule has 1 aliphatic heterocycles. The molecular formula is C37H51F3O7. The van der Waals surface area contributed by atoms with Crippen molar-refractivity contribution in [1.82, 2.24) is 0 Å². The van der Waals surface area contributed by atoms with Gasteiger partial charge in [-0.15, -0.1) is 0 Å². The fourth-order valence-corrected chi connectivity index (χ4v) is 5.41. The predicted molar refractivity (Wildman–Crippen MR) is 173 cm³/mol. The highest BCUT2D eigenvalue weighted by molar-refractivity contribution is 5.92. The van der Waals surface area contributed by atoms with Crippen molar-refractivity contribution in [3.63, 3.8) is 0 Å². The van der Waals surface area contributed by atoms with Gasteiger partial charge in [-0.2, -0.15) is 13.2 Å². The van der Waals surface area contributed by atoms with Gasteiger partial charge in [0.25, 0.3) is 0 Å². The average molecular weight is 665 g/mol. The SMILES string of the molecule is CCCCCCCCC1COC(c2ccc(C(=O)Oc3ccc(C(=O)OC(CCCCCCCOCC)C(F)(F)F)cc3)cc2)OC1. The molecule has 2 aromatic carbocycles. The van der Waals surface area contributed by atoms with Crippen LogP contribution < -0.4 is 4.74 Å². The van der Waals surface area contributed by atoms with Crippen molar-refractivity contribution in [2.45, 2.75) is 116 Å². The predicted octanol–water partition coefficient (Wildman–Crippen LogP) is 9.78. The molecular weight excluding hydrogens is 613 g/mol. The zero-order chi connectivity index (χ0) is 33.9. The number of unbranched alkanes of at least 4 members (excludes halogenated alkanes) is 9.